The van der Waals surface area contributed by atoms with Crippen molar-refractivity contribution in [2.75, 3.05) is 6.61 Å². The van der Waals surface area contributed by atoms with E-state index < -0.39 is 23.8 Å². The quantitative estimate of drug-likeness (QED) is 0.875. The lowest BCUT2D eigenvalue weighted by atomic mass is 10.2. The second-order valence-electron chi connectivity index (χ2n) is 5.27. The molecule has 0 saturated carbocycles. The molecule has 0 radical (unpaired) electrons. The lowest BCUT2D eigenvalue weighted by Crippen LogP contribution is -2.40. The Hall–Kier alpha value is -2.58. The maximum atomic E-state index is 12.9. The third kappa shape index (κ3) is 4.46. The molecular weight excluding hydrogens is 325 g/mol. The van der Waals surface area contributed by atoms with Crippen LogP contribution in [0.1, 0.15) is 25.5 Å². The molecule has 0 aliphatic heterocycles. The average Bonchev–Trinajstić information content (AvgIpc) is 3.06. The molecule has 2 aromatic rings. The van der Waals surface area contributed by atoms with Gasteiger partial charge in [-0.05, 0) is 26.0 Å². The predicted molar refractivity (Wildman–Crippen MR) is 79.3 cm³/mol. The Morgan fingerprint density at radius 1 is 1.33 bits per heavy atom. The van der Waals surface area contributed by atoms with Gasteiger partial charge in [0.05, 0.1) is 11.6 Å². The Morgan fingerprint density at radius 2 is 2.04 bits per heavy atom. The van der Waals surface area contributed by atoms with E-state index in [2.05, 4.69) is 15.4 Å². The van der Waals surface area contributed by atoms with Gasteiger partial charge < -0.3 is 10.1 Å². The van der Waals surface area contributed by atoms with Crippen LogP contribution in [-0.2, 0) is 11.0 Å². The molecule has 0 fully saturated rings. The summed E-state index contributed by atoms with van der Waals surface area (Å²) in [7, 11) is 0. The first kappa shape index (κ1) is 17.8. The first-order valence-corrected chi connectivity index (χ1v) is 7.22. The van der Waals surface area contributed by atoms with E-state index in [9.17, 15) is 18.0 Å². The van der Waals surface area contributed by atoms with Gasteiger partial charge in [0.2, 0.25) is 5.91 Å². The van der Waals surface area contributed by atoms with Crippen LogP contribution in [-0.4, -0.2) is 33.3 Å². The number of ether oxygens (including phenoxy) is 1. The van der Waals surface area contributed by atoms with Crippen LogP contribution in [0.2, 0.25) is 0 Å². The Kier molecular flexibility index (Phi) is 5.42. The summed E-state index contributed by atoms with van der Waals surface area (Å²) in [5.41, 5.74) is -0.848. The van der Waals surface area contributed by atoms with Crippen molar-refractivity contribution < 1.29 is 22.7 Å². The van der Waals surface area contributed by atoms with Gasteiger partial charge in [0.15, 0.2) is 0 Å². The molecule has 0 saturated heterocycles. The third-order valence-electron chi connectivity index (χ3n) is 3.28. The van der Waals surface area contributed by atoms with E-state index in [1.807, 2.05) is 0 Å². The zero-order valence-electron chi connectivity index (χ0n) is 13.1. The van der Waals surface area contributed by atoms with Crippen molar-refractivity contribution in [3.8, 4) is 5.75 Å². The number of carbonyl (C=O) groups is 1. The number of nitrogens with zero attached hydrogens (tertiary/aromatic N) is 3. The summed E-state index contributed by atoms with van der Waals surface area (Å²) in [4.78, 5) is 15.8. The number of benzene rings is 1. The molecule has 2 atom stereocenters. The second kappa shape index (κ2) is 7.33. The topological polar surface area (TPSA) is 69.0 Å². The SMILES string of the molecule is CC(COc1ccccc1C(F)(F)F)NC(=O)C(C)n1cncn1. The standard InChI is InChI=1S/C15H17F3N4O2/c1-10(21-14(23)11(2)22-9-19-8-20-22)7-24-13-6-4-3-5-12(13)15(16,17)18/h3-6,8-11H,7H2,1-2H3,(H,21,23). The number of amides is 1. The van der Waals surface area contributed by atoms with Gasteiger partial charge in [0.1, 0.15) is 31.1 Å². The number of hydrogen-bond donors (Lipinski definition) is 1. The number of halogens is 3. The van der Waals surface area contributed by atoms with Crippen molar-refractivity contribution in [2.45, 2.75) is 32.1 Å². The summed E-state index contributed by atoms with van der Waals surface area (Å²) in [6, 6.07) is 3.88. The predicted octanol–water partition coefficient (Wildman–Crippen LogP) is 2.44. The van der Waals surface area contributed by atoms with E-state index >= 15 is 0 Å². The van der Waals surface area contributed by atoms with Crippen LogP contribution in [0.3, 0.4) is 0 Å². The molecule has 1 aromatic heterocycles. The minimum Gasteiger partial charge on any atom is -0.491 e. The maximum absolute atomic E-state index is 12.9. The molecule has 24 heavy (non-hydrogen) atoms. The zero-order valence-corrected chi connectivity index (χ0v) is 13.1. The molecule has 0 aliphatic carbocycles. The van der Waals surface area contributed by atoms with Gasteiger partial charge >= 0.3 is 6.18 Å². The van der Waals surface area contributed by atoms with E-state index in [0.717, 1.165) is 6.07 Å². The largest absolute Gasteiger partial charge is 0.491 e. The summed E-state index contributed by atoms with van der Waals surface area (Å²) in [5.74, 6) is -0.601. The monoisotopic (exact) mass is 342 g/mol. The van der Waals surface area contributed by atoms with Gasteiger partial charge in [0, 0.05) is 0 Å². The van der Waals surface area contributed by atoms with Gasteiger partial charge in [-0.2, -0.15) is 18.3 Å². The van der Waals surface area contributed by atoms with Crippen LogP contribution in [0.25, 0.3) is 0 Å². The molecule has 0 spiro atoms. The molecule has 1 aromatic carbocycles. The summed E-state index contributed by atoms with van der Waals surface area (Å²) < 4.78 is 45.2. The Balaban J connectivity index is 1.92. The second-order valence-corrected chi connectivity index (χ2v) is 5.27. The fourth-order valence-electron chi connectivity index (χ4n) is 1.98. The number of nitrogens with one attached hydrogen (secondary N) is 1. The molecule has 130 valence electrons. The molecule has 6 nitrogen and oxygen atoms in total. The van der Waals surface area contributed by atoms with E-state index in [1.54, 1.807) is 13.8 Å². The van der Waals surface area contributed by atoms with E-state index in [1.165, 1.54) is 35.5 Å². The Morgan fingerprint density at radius 3 is 2.67 bits per heavy atom. The highest BCUT2D eigenvalue weighted by atomic mass is 19.4. The van der Waals surface area contributed by atoms with E-state index in [0.29, 0.717) is 0 Å². The summed E-state index contributed by atoms with van der Waals surface area (Å²) in [6.07, 6.45) is -1.78. The Bertz CT molecular complexity index is 674. The van der Waals surface area contributed by atoms with Crippen molar-refractivity contribution in [1.82, 2.24) is 20.1 Å². The molecule has 1 amide bonds. The highest BCUT2D eigenvalue weighted by Gasteiger charge is 2.34. The summed E-state index contributed by atoms with van der Waals surface area (Å²) in [5, 5.41) is 6.53. The van der Waals surface area contributed by atoms with E-state index in [-0.39, 0.29) is 18.3 Å². The van der Waals surface area contributed by atoms with Crippen LogP contribution in [0.15, 0.2) is 36.9 Å². The van der Waals surface area contributed by atoms with Crippen molar-refractivity contribution in [1.29, 1.82) is 0 Å². The lowest BCUT2D eigenvalue weighted by molar-refractivity contribution is -0.139. The van der Waals surface area contributed by atoms with Crippen LogP contribution in [0.4, 0.5) is 13.2 Å². The van der Waals surface area contributed by atoms with Crippen molar-refractivity contribution in [3.63, 3.8) is 0 Å². The van der Waals surface area contributed by atoms with Gasteiger partial charge in [-0.1, -0.05) is 12.1 Å². The van der Waals surface area contributed by atoms with Gasteiger partial charge in [-0.15, -0.1) is 0 Å². The molecule has 1 heterocycles. The highest BCUT2D eigenvalue weighted by Crippen LogP contribution is 2.35. The van der Waals surface area contributed by atoms with Crippen LogP contribution in [0.5, 0.6) is 5.75 Å². The number of hydrogen-bond acceptors (Lipinski definition) is 4. The van der Waals surface area contributed by atoms with Gasteiger partial charge in [-0.3, -0.25) is 4.79 Å². The number of alkyl halides is 3. The van der Waals surface area contributed by atoms with Crippen molar-refractivity contribution >= 4 is 5.91 Å². The van der Waals surface area contributed by atoms with Crippen molar-refractivity contribution in [2.24, 2.45) is 0 Å². The first-order valence-electron chi connectivity index (χ1n) is 7.22. The van der Waals surface area contributed by atoms with Crippen LogP contribution < -0.4 is 10.1 Å². The minimum atomic E-state index is -4.50. The lowest BCUT2D eigenvalue weighted by Gasteiger charge is -2.19. The van der Waals surface area contributed by atoms with Crippen molar-refractivity contribution in [3.05, 3.63) is 42.5 Å². The normalized spacial score (nSPS) is 14.0. The van der Waals surface area contributed by atoms with E-state index in [4.69, 9.17) is 4.74 Å². The molecular formula is C15H17F3N4O2. The molecule has 0 aliphatic rings. The van der Waals surface area contributed by atoms with Crippen LogP contribution >= 0.6 is 0 Å². The molecule has 0 bridgehead atoms. The average molecular weight is 342 g/mol. The van der Waals surface area contributed by atoms with Crippen LogP contribution in [0, 0.1) is 0 Å². The number of para-hydroxylation sites is 1. The molecule has 9 heteroatoms. The van der Waals surface area contributed by atoms with Gasteiger partial charge in [0.25, 0.3) is 0 Å². The Labute approximate surface area is 136 Å². The minimum absolute atomic E-state index is 0.0943. The maximum Gasteiger partial charge on any atom is 0.419 e. The number of aromatic nitrogens is 3. The number of rotatable bonds is 6. The molecule has 2 rings (SSSR count). The highest BCUT2D eigenvalue weighted by molar-refractivity contribution is 5.79. The molecule has 1 N–H and O–H groups in total. The first-order chi connectivity index (χ1) is 11.3. The fraction of sp³-hybridized carbons (Fsp3) is 0.400. The zero-order chi connectivity index (χ0) is 17.7. The summed E-state index contributed by atoms with van der Waals surface area (Å²) >= 11 is 0. The molecule has 2 unspecified atom stereocenters. The fourth-order valence-corrected chi connectivity index (χ4v) is 1.98. The summed E-state index contributed by atoms with van der Waals surface area (Å²) in [6.45, 7) is 3.18. The number of carbonyl (C=O) groups excluding carboxylic acids is 1. The third-order valence-corrected chi connectivity index (χ3v) is 3.28. The smallest absolute Gasteiger partial charge is 0.419 e. The van der Waals surface area contributed by atoms with Gasteiger partial charge in [-0.25, -0.2) is 9.67 Å².